The SMILES string of the molecule is CCc1ccccc1NC(=O)c1nc(C(=O)NC2CCCCC2)n2ccccc12. The number of nitrogens with one attached hydrogen (secondary N) is 2. The van der Waals surface area contributed by atoms with E-state index in [9.17, 15) is 9.59 Å². The van der Waals surface area contributed by atoms with Crippen molar-refractivity contribution < 1.29 is 9.59 Å². The second-order valence-corrected chi connectivity index (χ2v) is 7.51. The lowest BCUT2D eigenvalue weighted by Gasteiger charge is -2.22. The van der Waals surface area contributed by atoms with E-state index in [1.807, 2.05) is 49.4 Å². The Morgan fingerprint density at radius 1 is 1.03 bits per heavy atom. The molecule has 29 heavy (non-hydrogen) atoms. The summed E-state index contributed by atoms with van der Waals surface area (Å²) in [5, 5.41) is 6.05. The molecule has 1 saturated carbocycles. The summed E-state index contributed by atoms with van der Waals surface area (Å²) in [5.74, 6) is -0.294. The van der Waals surface area contributed by atoms with Gasteiger partial charge >= 0.3 is 0 Å². The summed E-state index contributed by atoms with van der Waals surface area (Å²) < 4.78 is 1.69. The lowest BCUT2D eigenvalue weighted by molar-refractivity contribution is 0.0916. The van der Waals surface area contributed by atoms with Crippen LogP contribution in [0.4, 0.5) is 5.69 Å². The van der Waals surface area contributed by atoms with Crippen molar-refractivity contribution in [1.82, 2.24) is 14.7 Å². The van der Waals surface area contributed by atoms with Crippen molar-refractivity contribution in [2.45, 2.75) is 51.5 Å². The fourth-order valence-corrected chi connectivity index (χ4v) is 3.99. The number of nitrogens with zero attached hydrogens (tertiary/aromatic N) is 2. The zero-order chi connectivity index (χ0) is 20.2. The topological polar surface area (TPSA) is 75.5 Å². The van der Waals surface area contributed by atoms with Crippen LogP contribution >= 0.6 is 0 Å². The van der Waals surface area contributed by atoms with Crippen LogP contribution in [0.2, 0.25) is 0 Å². The molecule has 0 atom stereocenters. The summed E-state index contributed by atoms with van der Waals surface area (Å²) >= 11 is 0. The molecule has 3 aromatic rings. The first-order chi connectivity index (χ1) is 14.2. The Bertz CT molecular complexity index is 1030. The van der Waals surface area contributed by atoms with Gasteiger partial charge in [0, 0.05) is 17.9 Å². The Labute approximate surface area is 170 Å². The smallest absolute Gasteiger partial charge is 0.287 e. The zero-order valence-electron chi connectivity index (χ0n) is 16.6. The largest absolute Gasteiger partial charge is 0.347 e. The molecule has 4 rings (SSSR count). The minimum atomic E-state index is -0.314. The van der Waals surface area contributed by atoms with Crippen LogP contribution in [0.25, 0.3) is 5.52 Å². The molecule has 1 aliphatic rings. The predicted molar refractivity (Wildman–Crippen MR) is 113 cm³/mol. The van der Waals surface area contributed by atoms with Gasteiger partial charge in [-0.2, -0.15) is 0 Å². The van der Waals surface area contributed by atoms with Crippen LogP contribution in [0.1, 0.15) is 65.7 Å². The Morgan fingerprint density at radius 3 is 2.59 bits per heavy atom. The number of amides is 2. The quantitative estimate of drug-likeness (QED) is 0.685. The van der Waals surface area contributed by atoms with Crippen molar-refractivity contribution in [2.75, 3.05) is 5.32 Å². The van der Waals surface area contributed by atoms with Crippen LogP contribution in [0.15, 0.2) is 48.7 Å². The Morgan fingerprint density at radius 2 is 1.79 bits per heavy atom. The number of hydrogen-bond donors (Lipinski definition) is 2. The Balaban J connectivity index is 1.63. The molecular weight excluding hydrogens is 364 g/mol. The maximum atomic E-state index is 13.0. The van der Waals surface area contributed by atoms with Gasteiger partial charge in [-0.15, -0.1) is 0 Å². The number of aromatic nitrogens is 2. The zero-order valence-corrected chi connectivity index (χ0v) is 16.6. The first-order valence-electron chi connectivity index (χ1n) is 10.3. The van der Waals surface area contributed by atoms with Gasteiger partial charge in [0.15, 0.2) is 5.69 Å². The van der Waals surface area contributed by atoms with E-state index in [0.29, 0.717) is 5.52 Å². The molecule has 2 aromatic heterocycles. The number of benzene rings is 1. The van der Waals surface area contributed by atoms with E-state index in [1.54, 1.807) is 10.6 Å². The number of hydrogen-bond acceptors (Lipinski definition) is 3. The molecule has 2 heterocycles. The highest BCUT2D eigenvalue weighted by Gasteiger charge is 2.24. The molecule has 0 saturated heterocycles. The second-order valence-electron chi connectivity index (χ2n) is 7.51. The van der Waals surface area contributed by atoms with Crippen LogP contribution in [-0.4, -0.2) is 27.2 Å². The first kappa shape index (κ1) is 19.2. The second kappa shape index (κ2) is 8.47. The van der Waals surface area contributed by atoms with Crippen molar-refractivity contribution in [2.24, 2.45) is 0 Å². The molecular formula is C23H26N4O2. The molecule has 0 aliphatic heterocycles. The molecule has 6 nitrogen and oxygen atoms in total. The molecule has 0 spiro atoms. The van der Waals surface area contributed by atoms with E-state index >= 15 is 0 Å². The summed E-state index contributed by atoms with van der Waals surface area (Å²) in [6.45, 7) is 2.05. The summed E-state index contributed by atoms with van der Waals surface area (Å²) in [4.78, 5) is 30.3. The van der Waals surface area contributed by atoms with Gasteiger partial charge in [-0.1, -0.05) is 50.5 Å². The van der Waals surface area contributed by atoms with E-state index in [0.717, 1.165) is 43.4 Å². The number of para-hydroxylation sites is 1. The number of aryl methyl sites for hydroxylation is 1. The van der Waals surface area contributed by atoms with Gasteiger partial charge in [-0.25, -0.2) is 4.98 Å². The molecule has 0 unspecified atom stereocenters. The lowest BCUT2D eigenvalue weighted by atomic mass is 9.95. The van der Waals surface area contributed by atoms with E-state index in [-0.39, 0.29) is 29.4 Å². The average molecular weight is 390 g/mol. The van der Waals surface area contributed by atoms with Crippen molar-refractivity contribution >= 4 is 23.0 Å². The Kier molecular flexibility index (Phi) is 5.60. The highest BCUT2D eigenvalue weighted by atomic mass is 16.2. The van der Waals surface area contributed by atoms with Gasteiger partial charge in [0.25, 0.3) is 11.8 Å². The normalized spacial score (nSPS) is 14.7. The standard InChI is InChI=1S/C23H26N4O2/c1-2-16-10-6-7-13-18(16)25-22(28)20-19-14-8-9-15-27(19)21(26-20)23(29)24-17-11-4-3-5-12-17/h6-10,13-15,17H,2-5,11-12H2,1H3,(H,24,29)(H,25,28). The van der Waals surface area contributed by atoms with Crippen LogP contribution in [-0.2, 0) is 6.42 Å². The number of pyridine rings is 1. The maximum absolute atomic E-state index is 13.0. The molecule has 2 N–H and O–H groups in total. The van der Waals surface area contributed by atoms with Gasteiger partial charge in [0.2, 0.25) is 5.82 Å². The highest BCUT2D eigenvalue weighted by Crippen LogP contribution is 2.21. The third-order valence-electron chi connectivity index (χ3n) is 5.55. The summed E-state index contributed by atoms with van der Waals surface area (Å²) in [6, 6.07) is 13.4. The van der Waals surface area contributed by atoms with Gasteiger partial charge in [0.05, 0.1) is 5.52 Å². The molecule has 0 bridgehead atoms. The van der Waals surface area contributed by atoms with Gasteiger partial charge in [-0.3, -0.25) is 14.0 Å². The maximum Gasteiger partial charge on any atom is 0.287 e. The lowest BCUT2D eigenvalue weighted by Crippen LogP contribution is -2.37. The summed E-state index contributed by atoms with van der Waals surface area (Å²) in [6.07, 6.45) is 8.08. The molecule has 150 valence electrons. The van der Waals surface area contributed by atoms with E-state index in [2.05, 4.69) is 15.6 Å². The molecule has 0 radical (unpaired) electrons. The van der Waals surface area contributed by atoms with Gasteiger partial charge < -0.3 is 10.6 Å². The number of carbonyl (C=O) groups excluding carboxylic acids is 2. The van der Waals surface area contributed by atoms with Crippen LogP contribution in [0, 0.1) is 0 Å². The Hall–Kier alpha value is -3.15. The molecule has 1 fully saturated rings. The fourth-order valence-electron chi connectivity index (χ4n) is 3.99. The van der Waals surface area contributed by atoms with Gasteiger partial charge in [0.1, 0.15) is 0 Å². The average Bonchev–Trinajstić information content (AvgIpc) is 3.15. The van der Waals surface area contributed by atoms with Crippen molar-refractivity contribution in [3.05, 3.63) is 65.7 Å². The molecule has 1 aliphatic carbocycles. The van der Waals surface area contributed by atoms with E-state index < -0.39 is 0 Å². The summed E-state index contributed by atoms with van der Waals surface area (Å²) in [5.41, 5.74) is 2.70. The molecule has 6 heteroatoms. The van der Waals surface area contributed by atoms with E-state index in [1.165, 1.54) is 6.42 Å². The third-order valence-corrected chi connectivity index (χ3v) is 5.55. The van der Waals surface area contributed by atoms with Crippen molar-refractivity contribution in [1.29, 1.82) is 0 Å². The number of rotatable bonds is 5. The highest BCUT2D eigenvalue weighted by molar-refractivity contribution is 6.09. The van der Waals surface area contributed by atoms with Crippen LogP contribution in [0.3, 0.4) is 0 Å². The third kappa shape index (κ3) is 4.01. The number of fused-ring (bicyclic) bond motifs is 1. The number of carbonyl (C=O) groups is 2. The molecule has 1 aromatic carbocycles. The number of imidazole rings is 1. The predicted octanol–water partition coefficient (Wildman–Crippen LogP) is 4.21. The van der Waals surface area contributed by atoms with Crippen molar-refractivity contribution in [3.8, 4) is 0 Å². The first-order valence-corrected chi connectivity index (χ1v) is 10.3. The minimum Gasteiger partial charge on any atom is -0.347 e. The van der Waals surface area contributed by atoms with Crippen LogP contribution in [0.5, 0.6) is 0 Å². The fraction of sp³-hybridized carbons (Fsp3) is 0.348. The van der Waals surface area contributed by atoms with E-state index in [4.69, 9.17) is 0 Å². The number of anilines is 1. The van der Waals surface area contributed by atoms with Gasteiger partial charge in [-0.05, 0) is 43.0 Å². The minimum absolute atomic E-state index is 0.181. The van der Waals surface area contributed by atoms with Crippen molar-refractivity contribution in [3.63, 3.8) is 0 Å². The summed E-state index contributed by atoms with van der Waals surface area (Å²) in [7, 11) is 0. The van der Waals surface area contributed by atoms with Crippen LogP contribution < -0.4 is 10.6 Å². The monoisotopic (exact) mass is 390 g/mol. The molecule has 2 amide bonds.